The summed E-state index contributed by atoms with van der Waals surface area (Å²) < 4.78 is 12.8. The van der Waals surface area contributed by atoms with Crippen molar-refractivity contribution < 1.29 is 24.5 Å². The molecule has 1 saturated heterocycles. The first-order valence-corrected chi connectivity index (χ1v) is 14.8. The van der Waals surface area contributed by atoms with E-state index in [1.807, 2.05) is 6.92 Å². The first kappa shape index (κ1) is 29.5. The minimum absolute atomic E-state index is 0.0119. The van der Waals surface area contributed by atoms with Crippen molar-refractivity contribution in [1.82, 2.24) is 24.4 Å². The zero-order valence-corrected chi connectivity index (χ0v) is 24.9. The van der Waals surface area contributed by atoms with Crippen molar-refractivity contribution in [3.8, 4) is 0 Å². The van der Waals surface area contributed by atoms with E-state index in [4.69, 9.17) is 15.2 Å². The largest absolute Gasteiger partial charge is 0.423 e. The number of fused-ring (bicyclic) bond motifs is 2. The number of hydrogen-bond donors (Lipinski definition) is 4. The molecule has 0 bridgehead atoms. The second kappa shape index (κ2) is 10.8. The number of ether oxygens (including phenoxy) is 2. The molecule has 2 aromatic heterocycles. The van der Waals surface area contributed by atoms with Gasteiger partial charge in [0.25, 0.3) is 5.56 Å². The number of H-pyrrole nitrogens is 1. The quantitative estimate of drug-likeness (QED) is 0.296. The summed E-state index contributed by atoms with van der Waals surface area (Å²) in [7, 11) is 1.70. The van der Waals surface area contributed by atoms with E-state index in [0.29, 0.717) is 42.4 Å². The smallest absolute Gasteiger partial charge is 0.343 e. The molecule has 0 radical (unpaired) electrons. The number of carbonyl (C=O) groups is 1. The van der Waals surface area contributed by atoms with Crippen LogP contribution in [0.5, 0.6) is 0 Å². The lowest BCUT2D eigenvalue weighted by molar-refractivity contribution is -0.156. The Kier molecular flexibility index (Phi) is 7.44. The number of aryl methyl sites for hydroxylation is 1. The van der Waals surface area contributed by atoms with E-state index in [9.17, 15) is 19.8 Å². The molecule has 0 aromatic carbocycles. The number of nitrogens with two attached hydrogens (primary N) is 1. The number of esters is 1. The summed E-state index contributed by atoms with van der Waals surface area (Å²) in [6.45, 7) is 11.6. The average Bonchev–Trinajstić information content (AvgIpc) is 3.49. The Bertz CT molecular complexity index is 1620. The standard InChI is InChI=1S/C31H40N6O6/c1-17-20(30(2)8-7-23(39)31(3,16-38)22(30)15-21(17)37-9-11-42-12-10-37)6-5-18-13-19(43-28(18)41)14-24-33-25-26(36(24)4)34-29(32)35-27(25)40/h5-6,13-14,20-23,38-39H,1,7-12,15-16H2,2-4H3,(H3,32,34,35,40)/b6-5+,19-14+/t20?,21?,22?,23-,30-,31+/m1/s1. The van der Waals surface area contributed by atoms with Crippen LogP contribution in [0.4, 0.5) is 5.95 Å². The van der Waals surface area contributed by atoms with Gasteiger partial charge in [-0.15, -0.1) is 0 Å². The van der Waals surface area contributed by atoms with Crippen LogP contribution in [0.15, 0.2) is 46.5 Å². The van der Waals surface area contributed by atoms with Crippen molar-refractivity contribution in [2.24, 2.45) is 29.7 Å². The third-order valence-electron chi connectivity index (χ3n) is 10.4. The molecule has 6 rings (SSSR count). The number of anilines is 1. The molecule has 2 aromatic rings. The van der Waals surface area contributed by atoms with Gasteiger partial charge >= 0.3 is 5.97 Å². The highest BCUT2D eigenvalue weighted by Gasteiger charge is 2.59. The van der Waals surface area contributed by atoms with Crippen molar-refractivity contribution in [1.29, 1.82) is 0 Å². The summed E-state index contributed by atoms with van der Waals surface area (Å²) in [5.41, 5.74) is 6.23. The zero-order chi connectivity index (χ0) is 30.7. The van der Waals surface area contributed by atoms with Crippen LogP contribution in [-0.2, 0) is 21.3 Å². The maximum atomic E-state index is 12.9. The second-order valence-corrected chi connectivity index (χ2v) is 12.8. The van der Waals surface area contributed by atoms with Crippen molar-refractivity contribution in [3.05, 3.63) is 57.9 Å². The van der Waals surface area contributed by atoms with Crippen LogP contribution in [0, 0.1) is 22.7 Å². The molecule has 4 aliphatic rings. The van der Waals surface area contributed by atoms with E-state index in [-0.39, 0.29) is 41.4 Å². The SMILES string of the molecule is C=C1C(N2CCOCC2)CC2[C@](C)(CC[C@@H](O)[C@@]2(C)CO)C1/C=C/C1=CC(=C\c2nc3c(=O)[nH]c(N)nc3n2C)/OC1=O. The van der Waals surface area contributed by atoms with Gasteiger partial charge in [0.1, 0.15) is 11.6 Å². The molecule has 12 nitrogen and oxygen atoms in total. The van der Waals surface area contributed by atoms with E-state index >= 15 is 0 Å². The Labute approximate surface area is 249 Å². The summed E-state index contributed by atoms with van der Waals surface area (Å²) in [6, 6.07) is 0.0658. The van der Waals surface area contributed by atoms with Crippen molar-refractivity contribution in [2.45, 2.75) is 45.3 Å². The molecular formula is C31H40N6O6. The molecule has 6 atom stereocenters. The van der Waals surface area contributed by atoms with E-state index in [0.717, 1.165) is 31.5 Å². The number of aliphatic hydroxyl groups is 2. The highest BCUT2D eigenvalue weighted by molar-refractivity contribution is 5.96. The third-order valence-corrected chi connectivity index (χ3v) is 10.4. The second-order valence-electron chi connectivity index (χ2n) is 12.8. The summed E-state index contributed by atoms with van der Waals surface area (Å²) in [6.07, 6.45) is 8.64. The third kappa shape index (κ3) is 4.86. The summed E-state index contributed by atoms with van der Waals surface area (Å²) >= 11 is 0. The topological polar surface area (TPSA) is 169 Å². The maximum absolute atomic E-state index is 12.9. The van der Waals surface area contributed by atoms with Gasteiger partial charge in [0, 0.05) is 43.6 Å². The van der Waals surface area contributed by atoms with Gasteiger partial charge in [-0.2, -0.15) is 4.98 Å². The number of hydrogen-bond acceptors (Lipinski definition) is 10. The molecule has 230 valence electrons. The molecule has 2 saturated carbocycles. The number of nitrogens with one attached hydrogen (secondary N) is 1. The van der Waals surface area contributed by atoms with Gasteiger partial charge in [-0.25, -0.2) is 9.78 Å². The number of cyclic esters (lactones) is 1. The maximum Gasteiger partial charge on any atom is 0.343 e. The van der Waals surface area contributed by atoms with Gasteiger partial charge in [0.2, 0.25) is 5.95 Å². The summed E-state index contributed by atoms with van der Waals surface area (Å²) in [4.78, 5) is 38.6. The lowest BCUT2D eigenvalue weighted by atomic mass is 9.45. The number of nitrogens with zero attached hydrogens (tertiary/aromatic N) is 4. The molecule has 3 fully saturated rings. The van der Waals surface area contributed by atoms with E-state index in [1.54, 1.807) is 29.8 Å². The number of aromatic nitrogens is 4. The fraction of sp³-hybridized carbons (Fsp3) is 0.548. The average molecular weight is 593 g/mol. The van der Waals surface area contributed by atoms with Crippen LogP contribution >= 0.6 is 0 Å². The van der Waals surface area contributed by atoms with Crippen LogP contribution in [0.3, 0.4) is 0 Å². The molecule has 0 amide bonds. The molecule has 3 unspecified atom stereocenters. The molecule has 2 aliphatic carbocycles. The van der Waals surface area contributed by atoms with E-state index in [2.05, 4.69) is 39.4 Å². The fourth-order valence-electron chi connectivity index (χ4n) is 7.84. The molecule has 5 N–H and O–H groups in total. The van der Waals surface area contributed by atoms with Gasteiger partial charge in [-0.1, -0.05) is 38.2 Å². The van der Waals surface area contributed by atoms with Crippen LogP contribution in [0.25, 0.3) is 17.2 Å². The van der Waals surface area contributed by atoms with Gasteiger partial charge in [-0.05, 0) is 36.7 Å². The Morgan fingerprint density at radius 2 is 2.00 bits per heavy atom. The molecule has 2 aliphatic heterocycles. The highest BCUT2D eigenvalue weighted by Crippen LogP contribution is 2.61. The highest BCUT2D eigenvalue weighted by atomic mass is 16.5. The Hall–Kier alpha value is -3.58. The first-order chi connectivity index (χ1) is 20.5. The van der Waals surface area contributed by atoms with Crippen LogP contribution in [-0.4, -0.2) is 85.7 Å². The van der Waals surface area contributed by atoms with Gasteiger partial charge in [-0.3, -0.25) is 14.7 Å². The molecule has 12 heteroatoms. The monoisotopic (exact) mass is 592 g/mol. The number of morpholine rings is 1. The Balaban J connectivity index is 1.33. The lowest BCUT2D eigenvalue weighted by Crippen LogP contribution is -2.61. The van der Waals surface area contributed by atoms with Crippen LogP contribution in [0.1, 0.15) is 38.9 Å². The number of allylic oxidation sites excluding steroid dienone is 2. The lowest BCUT2D eigenvalue weighted by Gasteiger charge is -2.62. The predicted molar refractivity (Wildman–Crippen MR) is 160 cm³/mol. The normalized spacial score (nSPS) is 34.6. The predicted octanol–water partition coefficient (Wildman–Crippen LogP) is 1.67. The number of aromatic amines is 1. The zero-order valence-electron chi connectivity index (χ0n) is 24.9. The molecule has 43 heavy (non-hydrogen) atoms. The van der Waals surface area contributed by atoms with E-state index < -0.39 is 23.0 Å². The van der Waals surface area contributed by atoms with E-state index in [1.165, 1.54) is 0 Å². The molecule has 4 heterocycles. The number of carbonyl (C=O) groups excluding carboxylic acids is 1. The number of nitrogen functional groups attached to an aromatic ring is 1. The Morgan fingerprint density at radius 3 is 2.72 bits per heavy atom. The van der Waals surface area contributed by atoms with Gasteiger partial charge in [0.05, 0.1) is 31.5 Å². The summed E-state index contributed by atoms with van der Waals surface area (Å²) in [5, 5.41) is 21.6. The first-order valence-electron chi connectivity index (χ1n) is 14.8. The number of aliphatic hydroxyl groups excluding tert-OH is 2. The minimum atomic E-state index is -0.654. The molecular weight excluding hydrogens is 552 g/mol. The van der Waals surface area contributed by atoms with Crippen molar-refractivity contribution in [3.63, 3.8) is 0 Å². The van der Waals surface area contributed by atoms with Crippen molar-refractivity contribution in [2.75, 3.05) is 38.6 Å². The Morgan fingerprint density at radius 1 is 1.26 bits per heavy atom. The van der Waals surface area contributed by atoms with Gasteiger partial charge < -0.3 is 30.0 Å². The summed E-state index contributed by atoms with van der Waals surface area (Å²) in [5.74, 6) is 0.110. The number of rotatable bonds is 5. The minimum Gasteiger partial charge on any atom is -0.423 e. The van der Waals surface area contributed by atoms with Crippen molar-refractivity contribution >= 4 is 29.2 Å². The number of imidazole rings is 1. The fourth-order valence-corrected chi connectivity index (χ4v) is 7.84. The van der Waals surface area contributed by atoms with Crippen LogP contribution < -0.4 is 11.3 Å². The van der Waals surface area contributed by atoms with Gasteiger partial charge in [0.15, 0.2) is 11.2 Å². The molecule has 0 spiro atoms. The van der Waals surface area contributed by atoms with Crippen LogP contribution in [0.2, 0.25) is 0 Å².